The molecule has 3 aromatic rings. The summed E-state index contributed by atoms with van der Waals surface area (Å²) in [5.74, 6) is 1.02. The maximum atomic E-state index is 10.0. The molecule has 19 heavy (non-hydrogen) atoms. The Balaban J connectivity index is 2.28. The number of imidazole rings is 1. The Labute approximate surface area is 111 Å². The third kappa shape index (κ3) is 1.95. The largest absolute Gasteiger partial charge is 0.507 e. The van der Waals surface area contributed by atoms with Gasteiger partial charge in [0.25, 0.3) is 0 Å². The number of aromatic nitrogens is 3. The fraction of sp³-hybridized carbons (Fsp3) is 0.200. The Morgan fingerprint density at radius 3 is 2.79 bits per heavy atom. The van der Waals surface area contributed by atoms with Crippen molar-refractivity contribution < 1.29 is 5.11 Å². The van der Waals surface area contributed by atoms with Crippen molar-refractivity contribution >= 4 is 11.2 Å². The van der Waals surface area contributed by atoms with Crippen LogP contribution in [0, 0.1) is 0 Å². The molecule has 0 radical (unpaired) electrons. The average molecular weight is 253 g/mol. The molecule has 0 spiro atoms. The van der Waals surface area contributed by atoms with E-state index in [1.807, 2.05) is 30.3 Å². The van der Waals surface area contributed by atoms with Gasteiger partial charge in [-0.3, -0.25) is 0 Å². The van der Waals surface area contributed by atoms with Crippen LogP contribution >= 0.6 is 0 Å². The Morgan fingerprint density at radius 2 is 2.00 bits per heavy atom. The minimum Gasteiger partial charge on any atom is -0.507 e. The van der Waals surface area contributed by atoms with Gasteiger partial charge in [0.1, 0.15) is 17.1 Å². The number of nitrogens with zero attached hydrogens (tertiary/aromatic N) is 3. The SMILES string of the molecule is CCCn1c(-c2ccccc2O)nc2cccnc21. The first-order valence-corrected chi connectivity index (χ1v) is 6.41. The molecule has 0 saturated heterocycles. The monoisotopic (exact) mass is 253 g/mol. The molecular formula is C15H15N3O. The van der Waals surface area contributed by atoms with Crippen LogP contribution in [0.25, 0.3) is 22.6 Å². The van der Waals surface area contributed by atoms with Crippen LogP contribution in [0.4, 0.5) is 0 Å². The molecule has 2 heterocycles. The summed E-state index contributed by atoms with van der Waals surface area (Å²) in [5, 5.41) is 10.0. The zero-order valence-electron chi connectivity index (χ0n) is 10.7. The smallest absolute Gasteiger partial charge is 0.160 e. The number of aryl methyl sites for hydroxylation is 1. The van der Waals surface area contributed by atoms with E-state index in [2.05, 4.69) is 21.5 Å². The van der Waals surface area contributed by atoms with Gasteiger partial charge in [0, 0.05) is 12.7 Å². The molecule has 0 aliphatic carbocycles. The molecule has 1 N–H and O–H groups in total. The second-order valence-electron chi connectivity index (χ2n) is 4.45. The zero-order chi connectivity index (χ0) is 13.2. The van der Waals surface area contributed by atoms with Crippen molar-refractivity contribution in [3.05, 3.63) is 42.6 Å². The lowest BCUT2D eigenvalue weighted by atomic mass is 10.2. The number of phenolic OH excluding ortho intramolecular Hbond substituents is 1. The van der Waals surface area contributed by atoms with Crippen LogP contribution < -0.4 is 0 Å². The summed E-state index contributed by atoms with van der Waals surface area (Å²) in [6, 6.07) is 11.1. The number of hydrogen-bond acceptors (Lipinski definition) is 3. The minimum absolute atomic E-state index is 0.246. The summed E-state index contributed by atoms with van der Waals surface area (Å²) >= 11 is 0. The zero-order valence-corrected chi connectivity index (χ0v) is 10.7. The second-order valence-corrected chi connectivity index (χ2v) is 4.45. The summed E-state index contributed by atoms with van der Waals surface area (Å²) in [5.41, 5.74) is 2.46. The number of aromatic hydroxyl groups is 1. The average Bonchev–Trinajstić information content (AvgIpc) is 2.79. The highest BCUT2D eigenvalue weighted by molar-refractivity contribution is 5.78. The van der Waals surface area contributed by atoms with Crippen LogP contribution in [0.5, 0.6) is 5.75 Å². The predicted molar refractivity (Wildman–Crippen MR) is 74.9 cm³/mol. The number of para-hydroxylation sites is 1. The lowest BCUT2D eigenvalue weighted by Gasteiger charge is -2.08. The fourth-order valence-corrected chi connectivity index (χ4v) is 2.26. The molecule has 2 aromatic heterocycles. The van der Waals surface area contributed by atoms with Gasteiger partial charge < -0.3 is 9.67 Å². The molecule has 4 heteroatoms. The molecular weight excluding hydrogens is 238 g/mol. The Kier molecular flexibility index (Phi) is 2.91. The van der Waals surface area contributed by atoms with Gasteiger partial charge >= 0.3 is 0 Å². The van der Waals surface area contributed by atoms with Gasteiger partial charge in [-0.25, -0.2) is 9.97 Å². The quantitative estimate of drug-likeness (QED) is 0.779. The second kappa shape index (κ2) is 4.72. The predicted octanol–water partition coefficient (Wildman–Crippen LogP) is 3.21. The van der Waals surface area contributed by atoms with Gasteiger partial charge in [-0.1, -0.05) is 19.1 Å². The lowest BCUT2D eigenvalue weighted by Crippen LogP contribution is -2.00. The Morgan fingerprint density at radius 1 is 1.16 bits per heavy atom. The third-order valence-electron chi connectivity index (χ3n) is 3.10. The molecule has 1 aromatic carbocycles. The van der Waals surface area contributed by atoms with E-state index in [0.717, 1.165) is 35.5 Å². The summed E-state index contributed by atoms with van der Waals surface area (Å²) in [4.78, 5) is 9.00. The first-order chi connectivity index (χ1) is 9.31. The minimum atomic E-state index is 0.246. The normalized spacial score (nSPS) is 11.0. The Bertz CT molecular complexity index is 718. The molecule has 0 unspecified atom stereocenters. The van der Waals surface area contributed by atoms with Crippen molar-refractivity contribution in [2.24, 2.45) is 0 Å². The molecule has 0 aliphatic rings. The highest BCUT2D eigenvalue weighted by Crippen LogP contribution is 2.30. The molecule has 0 aliphatic heterocycles. The Hall–Kier alpha value is -2.36. The van der Waals surface area contributed by atoms with Crippen LogP contribution in [-0.4, -0.2) is 19.6 Å². The highest BCUT2D eigenvalue weighted by atomic mass is 16.3. The van der Waals surface area contributed by atoms with E-state index in [0.29, 0.717) is 0 Å². The summed E-state index contributed by atoms with van der Waals surface area (Å²) in [6.07, 6.45) is 2.76. The first kappa shape index (κ1) is 11.7. The summed E-state index contributed by atoms with van der Waals surface area (Å²) in [6.45, 7) is 2.95. The van der Waals surface area contributed by atoms with E-state index in [9.17, 15) is 5.11 Å². The van der Waals surface area contributed by atoms with E-state index in [1.165, 1.54) is 0 Å². The number of rotatable bonds is 3. The van der Waals surface area contributed by atoms with Gasteiger partial charge in [-0.05, 0) is 30.7 Å². The van der Waals surface area contributed by atoms with E-state index < -0.39 is 0 Å². The number of pyridine rings is 1. The lowest BCUT2D eigenvalue weighted by molar-refractivity contribution is 0.476. The van der Waals surface area contributed by atoms with E-state index in [1.54, 1.807) is 12.3 Å². The van der Waals surface area contributed by atoms with E-state index in [-0.39, 0.29) is 5.75 Å². The molecule has 0 amide bonds. The fourth-order valence-electron chi connectivity index (χ4n) is 2.26. The van der Waals surface area contributed by atoms with Crippen molar-refractivity contribution in [3.63, 3.8) is 0 Å². The van der Waals surface area contributed by atoms with Crippen LogP contribution in [0.1, 0.15) is 13.3 Å². The van der Waals surface area contributed by atoms with Crippen LogP contribution in [0.2, 0.25) is 0 Å². The number of hydrogen-bond donors (Lipinski definition) is 1. The molecule has 3 rings (SSSR count). The van der Waals surface area contributed by atoms with Crippen molar-refractivity contribution in [2.75, 3.05) is 0 Å². The first-order valence-electron chi connectivity index (χ1n) is 6.41. The van der Waals surface area contributed by atoms with Crippen molar-refractivity contribution in [1.29, 1.82) is 0 Å². The summed E-state index contributed by atoms with van der Waals surface area (Å²) < 4.78 is 2.06. The third-order valence-corrected chi connectivity index (χ3v) is 3.10. The maximum Gasteiger partial charge on any atom is 0.160 e. The van der Waals surface area contributed by atoms with Crippen LogP contribution in [0.15, 0.2) is 42.6 Å². The van der Waals surface area contributed by atoms with Gasteiger partial charge in [0.15, 0.2) is 5.65 Å². The molecule has 96 valence electrons. The van der Waals surface area contributed by atoms with Crippen LogP contribution in [0.3, 0.4) is 0 Å². The molecule has 4 nitrogen and oxygen atoms in total. The molecule has 0 fully saturated rings. The molecule has 0 atom stereocenters. The van der Waals surface area contributed by atoms with Crippen molar-refractivity contribution in [2.45, 2.75) is 19.9 Å². The number of benzene rings is 1. The van der Waals surface area contributed by atoms with E-state index >= 15 is 0 Å². The summed E-state index contributed by atoms with van der Waals surface area (Å²) in [7, 11) is 0. The number of fused-ring (bicyclic) bond motifs is 1. The molecule has 0 saturated carbocycles. The van der Waals surface area contributed by atoms with Crippen LogP contribution in [-0.2, 0) is 6.54 Å². The maximum absolute atomic E-state index is 10.0. The van der Waals surface area contributed by atoms with E-state index in [4.69, 9.17) is 0 Å². The topological polar surface area (TPSA) is 50.9 Å². The number of phenols is 1. The highest BCUT2D eigenvalue weighted by Gasteiger charge is 2.14. The van der Waals surface area contributed by atoms with Gasteiger partial charge in [-0.15, -0.1) is 0 Å². The molecule has 0 bridgehead atoms. The van der Waals surface area contributed by atoms with Crippen molar-refractivity contribution in [1.82, 2.24) is 14.5 Å². The van der Waals surface area contributed by atoms with Gasteiger partial charge in [-0.2, -0.15) is 0 Å². The van der Waals surface area contributed by atoms with Crippen molar-refractivity contribution in [3.8, 4) is 17.1 Å². The standard InChI is InChI=1S/C15H15N3O/c1-2-10-18-14(11-6-3-4-8-13(11)19)17-12-7-5-9-16-15(12)18/h3-9,19H,2,10H2,1H3. The van der Waals surface area contributed by atoms with Gasteiger partial charge in [0.05, 0.1) is 5.56 Å². The van der Waals surface area contributed by atoms with Gasteiger partial charge in [0.2, 0.25) is 0 Å².